The Morgan fingerprint density at radius 1 is 1.03 bits per heavy atom. The second-order valence-corrected chi connectivity index (χ2v) is 9.24. The first-order chi connectivity index (χ1) is 17.4. The number of rotatable bonds is 6. The molecule has 3 aromatic carbocycles. The average molecular weight is 481 g/mol. The molecular formula is C29H28N4O3. The fourth-order valence-corrected chi connectivity index (χ4v) is 4.94. The van der Waals surface area contributed by atoms with Crippen LogP contribution in [0.25, 0.3) is 0 Å². The Labute approximate surface area is 209 Å². The van der Waals surface area contributed by atoms with E-state index in [2.05, 4.69) is 4.98 Å². The summed E-state index contributed by atoms with van der Waals surface area (Å²) < 4.78 is 1.98. The van der Waals surface area contributed by atoms with Crippen molar-refractivity contribution < 1.29 is 14.7 Å². The molecule has 36 heavy (non-hydrogen) atoms. The Kier molecular flexibility index (Phi) is 6.29. The number of hydrogen-bond acceptors (Lipinski definition) is 4. The Hall–Kier alpha value is -4.39. The van der Waals surface area contributed by atoms with Crippen LogP contribution in [-0.4, -0.2) is 37.5 Å². The molecule has 1 aromatic heterocycles. The lowest BCUT2D eigenvalue weighted by atomic mass is 9.88. The van der Waals surface area contributed by atoms with Crippen molar-refractivity contribution >= 4 is 17.6 Å². The van der Waals surface area contributed by atoms with Crippen LogP contribution in [0.3, 0.4) is 0 Å². The Bertz CT molecular complexity index is 1360. The Morgan fingerprint density at radius 2 is 1.67 bits per heavy atom. The van der Waals surface area contributed by atoms with Crippen LogP contribution in [0.2, 0.25) is 0 Å². The summed E-state index contributed by atoms with van der Waals surface area (Å²) in [6, 6.07) is 23.9. The number of carboxylic acids is 1. The van der Waals surface area contributed by atoms with Gasteiger partial charge in [0.2, 0.25) is 5.91 Å². The molecule has 5 rings (SSSR count). The zero-order valence-corrected chi connectivity index (χ0v) is 20.0. The second kappa shape index (κ2) is 9.70. The fraction of sp³-hybridized carbons (Fsp3) is 0.207. The van der Waals surface area contributed by atoms with Crippen LogP contribution in [0.15, 0.2) is 85.2 Å². The summed E-state index contributed by atoms with van der Waals surface area (Å²) >= 11 is 0. The highest BCUT2D eigenvalue weighted by Gasteiger charge is 2.40. The van der Waals surface area contributed by atoms with Gasteiger partial charge in [0.15, 0.2) is 0 Å². The number of hydrogen-bond donors (Lipinski definition) is 2. The average Bonchev–Trinajstić information content (AvgIpc) is 3.28. The molecule has 1 aliphatic heterocycles. The molecule has 1 aliphatic rings. The number of aromatic nitrogens is 2. The highest BCUT2D eigenvalue weighted by atomic mass is 16.4. The number of aryl methyl sites for hydroxylation is 1. The summed E-state index contributed by atoms with van der Waals surface area (Å²) in [5.41, 5.74) is 12.0. The quantitative estimate of drug-likeness (QED) is 0.407. The van der Waals surface area contributed by atoms with Gasteiger partial charge in [0.05, 0.1) is 24.5 Å². The number of carboxylic acid groups (broad SMARTS) is 1. The number of carbonyl (C=O) groups excluding carboxylic acids is 1. The molecule has 2 heterocycles. The fourth-order valence-electron chi connectivity index (χ4n) is 4.94. The minimum absolute atomic E-state index is 0.148. The van der Waals surface area contributed by atoms with Crippen LogP contribution in [0, 0.1) is 6.92 Å². The van der Waals surface area contributed by atoms with Crippen molar-refractivity contribution in [2.45, 2.75) is 38.4 Å². The molecule has 0 unspecified atom stereocenters. The van der Waals surface area contributed by atoms with E-state index in [9.17, 15) is 14.7 Å². The lowest BCUT2D eigenvalue weighted by Crippen LogP contribution is -2.50. The van der Waals surface area contributed by atoms with Gasteiger partial charge in [-0.05, 0) is 35.2 Å². The number of fused-ring (bicyclic) bond motifs is 1. The van der Waals surface area contributed by atoms with Gasteiger partial charge in [0, 0.05) is 24.3 Å². The van der Waals surface area contributed by atoms with Crippen molar-refractivity contribution in [3.63, 3.8) is 0 Å². The molecule has 4 aromatic rings. The summed E-state index contributed by atoms with van der Waals surface area (Å²) in [6.45, 7) is 2.66. The molecule has 1 atom stereocenters. The van der Waals surface area contributed by atoms with Gasteiger partial charge < -0.3 is 20.3 Å². The Morgan fingerprint density at radius 3 is 2.25 bits per heavy atom. The van der Waals surface area contributed by atoms with Gasteiger partial charge in [-0.2, -0.15) is 0 Å². The third-order valence-corrected chi connectivity index (χ3v) is 6.88. The summed E-state index contributed by atoms with van der Waals surface area (Å²) in [6.07, 6.45) is 1.93. The van der Waals surface area contributed by atoms with Gasteiger partial charge in [-0.25, -0.2) is 9.78 Å². The van der Waals surface area contributed by atoms with Gasteiger partial charge in [-0.15, -0.1) is 0 Å². The second-order valence-electron chi connectivity index (χ2n) is 9.24. The molecule has 7 heteroatoms. The summed E-state index contributed by atoms with van der Waals surface area (Å²) in [5.74, 6) is -1.87. The number of benzene rings is 3. The van der Waals surface area contributed by atoms with E-state index >= 15 is 0 Å². The maximum Gasteiger partial charge on any atom is 0.326 e. The summed E-state index contributed by atoms with van der Waals surface area (Å²) in [5, 5.41) is 10.2. The Balaban J connectivity index is 1.48. The molecule has 182 valence electrons. The maximum absolute atomic E-state index is 14.0. The summed E-state index contributed by atoms with van der Waals surface area (Å²) in [4.78, 5) is 32.5. The number of aliphatic carboxylic acids is 1. The van der Waals surface area contributed by atoms with E-state index in [1.165, 1.54) is 4.90 Å². The van der Waals surface area contributed by atoms with E-state index in [-0.39, 0.29) is 18.9 Å². The van der Waals surface area contributed by atoms with Gasteiger partial charge >= 0.3 is 5.97 Å². The van der Waals surface area contributed by atoms with E-state index in [0.717, 1.165) is 39.3 Å². The molecule has 3 N–H and O–H groups in total. The van der Waals surface area contributed by atoms with Crippen LogP contribution in [0.1, 0.15) is 39.6 Å². The topological polar surface area (TPSA) is 101 Å². The van der Waals surface area contributed by atoms with Crippen LogP contribution in [0.4, 0.5) is 5.69 Å². The normalized spacial score (nSPS) is 15.1. The lowest BCUT2D eigenvalue weighted by molar-refractivity contribution is -0.151. The van der Waals surface area contributed by atoms with Crippen LogP contribution < -0.4 is 5.73 Å². The van der Waals surface area contributed by atoms with Crippen molar-refractivity contribution in [2.75, 3.05) is 5.73 Å². The van der Waals surface area contributed by atoms with Crippen LogP contribution >= 0.6 is 0 Å². The number of nitrogens with two attached hydrogens (primary N) is 1. The van der Waals surface area contributed by atoms with Gasteiger partial charge in [0.1, 0.15) is 6.04 Å². The smallest absolute Gasteiger partial charge is 0.326 e. The van der Waals surface area contributed by atoms with Crippen LogP contribution in [0.5, 0.6) is 0 Å². The molecule has 0 saturated heterocycles. The zero-order valence-electron chi connectivity index (χ0n) is 20.0. The highest BCUT2D eigenvalue weighted by molar-refractivity contribution is 5.91. The number of anilines is 1. The van der Waals surface area contributed by atoms with E-state index in [4.69, 9.17) is 5.73 Å². The molecule has 0 aliphatic carbocycles. The molecule has 0 bridgehead atoms. The number of nitrogens with zero attached hydrogens (tertiary/aromatic N) is 3. The predicted octanol–water partition coefficient (Wildman–Crippen LogP) is 3.99. The number of carbonyl (C=O) groups is 2. The molecule has 7 nitrogen and oxygen atoms in total. The van der Waals surface area contributed by atoms with Crippen molar-refractivity contribution in [3.8, 4) is 0 Å². The molecule has 1 amide bonds. The van der Waals surface area contributed by atoms with Gasteiger partial charge in [0.25, 0.3) is 0 Å². The minimum Gasteiger partial charge on any atom is -0.480 e. The molecular weight excluding hydrogens is 452 g/mol. The third kappa shape index (κ3) is 4.47. The number of nitrogen functional groups attached to an aromatic ring is 1. The van der Waals surface area contributed by atoms with E-state index in [0.29, 0.717) is 6.54 Å². The zero-order chi connectivity index (χ0) is 25.2. The SMILES string of the molecule is Cc1cc(Cn2cnc3c2C[C@@H](C(=O)O)N(C(=O)C(c2ccccc2)c2ccccc2)C3)ccc1N. The lowest BCUT2D eigenvalue weighted by Gasteiger charge is -2.35. The van der Waals surface area contributed by atoms with Crippen molar-refractivity contribution in [1.82, 2.24) is 14.5 Å². The molecule has 0 spiro atoms. The number of amides is 1. The van der Waals surface area contributed by atoms with Crippen molar-refractivity contribution in [2.24, 2.45) is 0 Å². The maximum atomic E-state index is 14.0. The van der Waals surface area contributed by atoms with Gasteiger partial charge in [-0.3, -0.25) is 4.79 Å². The largest absolute Gasteiger partial charge is 0.480 e. The predicted molar refractivity (Wildman–Crippen MR) is 137 cm³/mol. The van der Waals surface area contributed by atoms with E-state index in [1.807, 2.05) is 90.4 Å². The first kappa shape index (κ1) is 23.4. The standard InChI is InChI=1S/C29H28N4O3/c1-19-14-20(12-13-23(19)30)16-32-18-31-24-17-33(26(29(35)36)15-25(24)32)28(34)27(21-8-4-2-5-9-21)22-10-6-3-7-11-22/h2-14,18,26-27H,15-17,30H2,1H3,(H,35,36)/t26-/m0/s1. The monoisotopic (exact) mass is 480 g/mol. The third-order valence-electron chi connectivity index (χ3n) is 6.88. The van der Waals surface area contributed by atoms with Crippen molar-refractivity contribution in [1.29, 1.82) is 0 Å². The van der Waals surface area contributed by atoms with Gasteiger partial charge in [-0.1, -0.05) is 72.8 Å². The molecule has 0 saturated carbocycles. The molecule has 0 fully saturated rings. The van der Waals surface area contributed by atoms with Crippen molar-refractivity contribution in [3.05, 3.63) is 119 Å². The van der Waals surface area contributed by atoms with E-state index < -0.39 is 17.9 Å². The molecule has 0 radical (unpaired) electrons. The minimum atomic E-state index is -1.02. The summed E-state index contributed by atoms with van der Waals surface area (Å²) in [7, 11) is 0. The number of imidazole rings is 1. The van der Waals surface area contributed by atoms with E-state index in [1.54, 1.807) is 6.33 Å². The first-order valence-electron chi connectivity index (χ1n) is 11.9. The first-order valence-corrected chi connectivity index (χ1v) is 11.9. The van der Waals surface area contributed by atoms with Crippen LogP contribution in [-0.2, 0) is 29.1 Å². The highest BCUT2D eigenvalue weighted by Crippen LogP contribution is 2.32.